The molecule has 1 aliphatic heterocycles. The standard InChI is InChI=1S/C15H22Cl2N2O2S/c1-2-3-4-8-18-9-11-19(12-10-18)22(20,21)15-13(16)6-5-7-14(15)17/h5-7H,2-4,8-12H2,1H3. The molecule has 4 nitrogen and oxygen atoms in total. The molecule has 0 amide bonds. The van der Waals surface area contributed by atoms with E-state index in [-0.39, 0.29) is 14.9 Å². The predicted octanol–water partition coefficient (Wildman–Crippen LogP) is 3.49. The van der Waals surface area contributed by atoms with E-state index in [0.29, 0.717) is 13.1 Å². The van der Waals surface area contributed by atoms with Crippen molar-refractivity contribution in [3.05, 3.63) is 28.2 Å². The first kappa shape index (κ1) is 18.0. The van der Waals surface area contributed by atoms with Crippen molar-refractivity contribution in [3.63, 3.8) is 0 Å². The van der Waals surface area contributed by atoms with Crippen LogP contribution < -0.4 is 0 Å². The summed E-state index contributed by atoms with van der Waals surface area (Å²) in [5.41, 5.74) is 0. The highest BCUT2D eigenvalue weighted by molar-refractivity contribution is 7.89. The van der Waals surface area contributed by atoms with Crippen molar-refractivity contribution in [1.82, 2.24) is 9.21 Å². The Labute approximate surface area is 143 Å². The van der Waals surface area contributed by atoms with Gasteiger partial charge in [0.25, 0.3) is 0 Å². The van der Waals surface area contributed by atoms with Gasteiger partial charge in [-0.3, -0.25) is 0 Å². The molecule has 0 atom stereocenters. The molecule has 0 radical (unpaired) electrons. The van der Waals surface area contributed by atoms with Gasteiger partial charge in [0, 0.05) is 26.2 Å². The molecule has 0 aliphatic carbocycles. The SMILES string of the molecule is CCCCCN1CCN(S(=O)(=O)c2c(Cl)cccc2Cl)CC1. The molecule has 0 aromatic heterocycles. The number of hydrogen-bond acceptors (Lipinski definition) is 3. The van der Waals surface area contributed by atoms with Gasteiger partial charge in [-0.15, -0.1) is 0 Å². The lowest BCUT2D eigenvalue weighted by Crippen LogP contribution is -2.48. The van der Waals surface area contributed by atoms with Gasteiger partial charge in [-0.05, 0) is 25.1 Å². The third-order valence-corrected chi connectivity index (χ3v) is 6.78. The molecule has 1 aromatic rings. The van der Waals surface area contributed by atoms with E-state index in [0.717, 1.165) is 19.6 Å². The normalized spacial score (nSPS) is 17.8. The molecule has 7 heteroatoms. The van der Waals surface area contributed by atoms with Crippen molar-refractivity contribution >= 4 is 33.2 Å². The molecule has 1 aliphatic rings. The zero-order chi connectivity index (χ0) is 16.2. The second-order valence-electron chi connectivity index (χ2n) is 5.50. The molecule has 0 saturated carbocycles. The van der Waals surface area contributed by atoms with E-state index in [1.54, 1.807) is 18.2 Å². The Morgan fingerprint density at radius 2 is 1.64 bits per heavy atom. The predicted molar refractivity (Wildman–Crippen MR) is 91.2 cm³/mol. The Kier molecular flexibility index (Phi) is 6.53. The lowest BCUT2D eigenvalue weighted by atomic mass is 10.2. The number of nitrogens with zero attached hydrogens (tertiary/aromatic N) is 2. The van der Waals surface area contributed by atoms with Crippen LogP contribution in [-0.4, -0.2) is 50.3 Å². The Morgan fingerprint density at radius 3 is 2.18 bits per heavy atom. The summed E-state index contributed by atoms with van der Waals surface area (Å²) in [5, 5.41) is 0.357. The van der Waals surface area contributed by atoms with Crippen LogP contribution in [0.1, 0.15) is 26.2 Å². The van der Waals surface area contributed by atoms with Crippen LogP contribution in [-0.2, 0) is 10.0 Å². The molecule has 0 unspecified atom stereocenters. The van der Waals surface area contributed by atoms with Crippen molar-refractivity contribution in [3.8, 4) is 0 Å². The Balaban J connectivity index is 2.04. The topological polar surface area (TPSA) is 40.6 Å². The average Bonchev–Trinajstić information content (AvgIpc) is 2.47. The minimum absolute atomic E-state index is 0.0257. The number of piperazine rings is 1. The van der Waals surface area contributed by atoms with E-state index in [2.05, 4.69) is 11.8 Å². The fraction of sp³-hybridized carbons (Fsp3) is 0.600. The van der Waals surface area contributed by atoms with E-state index >= 15 is 0 Å². The highest BCUT2D eigenvalue weighted by Crippen LogP contribution is 2.31. The van der Waals surface area contributed by atoms with Gasteiger partial charge in [0.05, 0.1) is 10.0 Å². The quantitative estimate of drug-likeness (QED) is 0.725. The van der Waals surface area contributed by atoms with Gasteiger partial charge in [-0.2, -0.15) is 4.31 Å². The van der Waals surface area contributed by atoms with Crippen LogP contribution in [0.2, 0.25) is 10.0 Å². The molecule has 0 N–H and O–H groups in total. The van der Waals surface area contributed by atoms with E-state index < -0.39 is 10.0 Å². The molecule has 124 valence electrons. The molecular weight excluding hydrogens is 343 g/mol. The van der Waals surface area contributed by atoms with Crippen LogP contribution in [0.15, 0.2) is 23.1 Å². The van der Waals surface area contributed by atoms with Crippen LogP contribution in [0.4, 0.5) is 0 Å². The molecule has 2 rings (SSSR count). The van der Waals surface area contributed by atoms with E-state index in [1.165, 1.54) is 23.6 Å². The largest absolute Gasteiger partial charge is 0.301 e. The molecule has 0 spiro atoms. The second-order valence-corrected chi connectivity index (χ2v) is 8.19. The third kappa shape index (κ3) is 4.15. The van der Waals surface area contributed by atoms with Crippen LogP contribution in [0, 0.1) is 0 Å². The summed E-state index contributed by atoms with van der Waals surface area (Å²) in [6, 6.07) is 4.76. The first-order valence-electron chi connectivity index (χ1n) is 7.63. The van der Waals surface area contributed by atoms with Crippen LogP contribution in [0.25, 0.3) is 0 Å². The number of hydrogen-bond donors (Lipinski definition) is 0. The number of rotatable bonds is 6. The van der Waals surface area contributed by atoms with Gasteiger partial charge in [0.1, 0.15) is 4.90 Å². The highest BCUT2D eigenvalue weighted by Gasteiger charge is 2.31. The molecule has 0 bridgehead atoms. The van der Waals surface area contributed by atoms with Crippen LogP contribution >= 0.6 is 23.2 Å². The van der Waals surface area contributed by atoms with E-state index in [9.17, 15) is 8.42 Å². The first-order chi connectivity index (χ1) is 10.5. The van der Waals surface area contributed by atoms with Gasteiger partial charge >= 0.3 is 0 Å². The molecule has 1 aromatic carbocycles. The van der Waals surface area contributed by atoms with Gasteiger partial charge in [-0.1, -0.05) is 49.0 Å². The zero-order valence-electron chi connectivity index (χ0n) is 12.8. The summed E-state index contributed by atoms with van der Waals surface area (Å²) in [6.07, 6.45) is 3.58. The summed E-state index contributed by atoms with van der Waals surface area (Å²) in [5.74, 6) is 0. The minimum atomic E-state index is -3.63. The summed E-state index contributed by atoms with van der Waals surface area (Å²) < 4.78 is 27.0. The van der Waals surface area contributed by atoms with Gasteiger partial charge < -0.3 is 4.90 Å². The van der Waals surface area contributed by atoms with Crippen molar-refractivity contribution in [2.24, 2.45) is 0 Å². The molecule has 1 fully saturated rings. The second kappa shape index (κ2) is 7.97. The Morgan fingerprint density at radius 1 is 1.05 bits per heavy atom. The zero-order valence-corrected chi connectivity index (χ0v) is 15.1. The maximum atomic E-state index is 12.7. The Hall–Kier alpha value is -0.330. The molecule has 22 heavy (non-hydrogen) atoms. The molecule has 1 saturated heterocycles. The lowest BCUT2D eigenvalue weighted by molar-refractivity contribution is 0.185. The molecular formula is C15H22Cl2N2O2S. The van der Waals surface area contributed by atoms with E-state index in [4.69, 9.17) is 23.2 Å². The van der Waals surface area contributed by atoms with Gasteiger partial charge in [0.15, 0.2) is 0 Å². The highest BCUT2D eigenvalue weighted by atomic mass is 35.5. The molecule has 1 heterocycles. The number of unbranched alkanes of at least 4 members (excludes halogenated alkanes) is 2. The monoisotopic (exact) mass is 364 g/mol. The fourth-order valence-electron chi connectivity index (χ4n) is 2.64. The van der Waals surface area contributed by atoms with Crippen molar-refractivity contribution in [1.29, 1.82) is 0 Å². The van der Waals surface area contributed by atoms with Gasteiger partial charge in [0.2, 0.25) is 10.0 Å². The Bertz CT molecular complexity index is 579. The maximum Gasteiger partial charge on any atom is 0.246 e. The van der Waals surface area contributed by atoms with Crippen LogP contribution in [0.5, 0.6) is 0 Å². The summed E-state index contributed by atoms with van der Waals surface area (Å²) >= 11 is 12.1. The van der Waals surface area contributed by atoms with Crippen molar-refractivity contribution in [2.45, 2.75) is 31.1 Å². The van der Waals surface area contributed by atoms with Gasteiger partial charge in [-0.25, -0.2) is 8.42 Å². The smallest absolute Gasteiger partial charge is 0.246 e. The lowest BCUT2D eigenvalue weighted by Gasteiger charge is -2.34. The number of benzene rings is 1. The number of halogens is 2. The van der Waals surface area contributed by atoms with Crippen LogP contribution in [0.3, 0.4) is 0 Å². The van der Waals surface area contributed by atoms with E-state index in [1.807, 2.05) is 0 Å². The summed E-state index contributed by atoms with van der Waals surface area (Å²) in [6.45, 7) is 5.69. The third-order valence-electron chi connectivity index (χ3n) is 3.93. The maximum absolute atomic E-state index is 12.7. The minimum Gasteiger partial charge on any atom is -0.301 e. The summed E-state index contributed by atoms with van der Waals surface area (Å²) in [4.78, 5) is 2.34. The average molecular weight is 365 g/mol. The summed E-state index contributed by atoms with van der Waals surface area (Å²) in [7, 11) is -3.63. The number of sulfonamides is 1. The fourth-order valence-corrected chi connectivity index (χ4v) is 5.15. The first-order valence-corrected chi connectivity index (χ1v) is 9.83. The van der Waals surface area contributed by atoms with Crippen molar-refractivity contribution in [2.75, 3.05) is 32.7 Å². The van der Waals surface area contributed by atoms with Crippen molar-refractivity contribution < 1.29 is 8.42 Å².